The minimum atomic E-state index is -1.23. The topological polar surface area (TPSA) is 128 Å². The lowest BCUT2D eigenvalue weighted by molar-refractivity contribution is -0.136. The number of carboxylic acids is 1. The van der Waals surface area contributed by atoms with E-state index in [0.717, 1.165) is 0 Å². The van der Waals surface area contributed by atoms with E-state index in [1.54, 1.807) is 27.7 Å². The smallest absolute Gasteiger partial charge is 0.322 e. The third-order valence-corrected chi connectivity index (χ3v) is 3.77. The lowest BCUT2D eigenvalue weighted by Crippen LogP contribution is -2.50. The summed E-state index contributed by atoms with van der Waals surface area (Å²) in [4.78, 5) is 35.5. The third kappa shape index (κ3) is 7.34. The van der Waals surface area contributed by atoms with E-state index >= 15 is 0 Å². The molecule has 0 aliphatic carbocycles. The van der Waals surface area contributed by atoms with Crippen molar-refractivity contribution in [2.24, 2.45) is 0 Å². The zero-order chi connectivity index (χ0) is 19.1. The van der Waals surface area contributed by atoms with Crippen LogP contribution in [0.5, 0.6) is 0 Å². The summed E-state index contributed by atoms with van der Waals surface area (Å²) in [6.45, 7) is 10.2. The van der Waals surface area contributed by atoms with Gasteiger partial charge in [-0.05, 0) is 40.5 Å². The maximum absolute atomic E-state index is 12.4. The van der Waals surface area contributed by atoms with Crippen molar-refractivity contribution in [3.63, 3.8) is 0 Å². The maximum atomic E-state index is 12.4. The molecule has 0 aliphatic heterocycles. The highest BCUT2D eigenvalue weighted by molar-refractivity contribution is 6.19. The van der Waals surface area contributed by atoms with Crippen LogP contribution in [0, 0.1) is 0 Å². The average molecular weight is 343 g/mol. The van der Waals surface area contributed by atoms with Gasteiger partial charge < -0.3 is 26.2 Å². The number of aliphatic hydroxyl groups is 1. The number of carboxylic acid groups (broad SMARTS) is 1. The molecular formula is C16H29N3O5. The Bertz CT molecular complexity index is 492. The van der Waals surface area contributed by atoms with Crippen molar-refractivity contribution in [2.45, 2.75) is 65.5 Å². The van der Waals surface area contributed by atoms with Gasteiger partial charge in [0.1, 0.15) is 6.54 Å². The maximum Gasteiger partial charge on any atom is 0.322 e. The monoisotopic (exact) mass is 343 g/mol. The normalized spacial score (nSPS) is 11.4. The van der Waals surface area contributed by atoms with Crippen LogP contribution in [0.25, 0.3) is 0 Å². The molecule has 0 rings (SSSR count). The van der Waals surface area contributed by atoms with Gasteiger partial charge in [0.15, 0.2) is 5.57 Å². The molecule has 24 heavy (non-hydrogen) atoms. The highest BCUT2D eigenvalue weighted by Gasteiger charge is 2.30. The fourth-order valence-electron chi connectivity index (χ4n) is 1.48. The van der Waals surface area contributed by atoms with Crippen LogP contribution in [0.3, 0.4) is 0 Å². The minimum Gasteiger partial charge on any atom is -0.494 e. The lowest BCUT2D eigenvalue weighted by Gasteiger charge is -2.28. The molecule has 0 aromatic rings. The first-order chi connectivity index (χ1) is 10.8. The molecule has 138 valence electrons. The van der Waals surface area contributed by atoms with Gasteiger partial charge in [-0.25, -0.2) is 0 Å². The van der Waals surface area contributed by atoms with Crippen molar-refractivity contribution < 1.29 is 24.6 Å². The van der Waals surface area contributed by atoms with Crippen LogP contribution in [0.15, 0.2) is 11.5 Å². The number of aliphatic carboxylic acids is 1. The van der Waals surface area contributed by atoms with Crippen molar-refractivity contribution in [3.8, 4) is 0 Å². The van der Waals surface area contributed by atoms with Gasteiger partial charge in [0, 0.05) is 11.1 Å². The zero-order valence-electron chi connectivity index (χ0n) is 15.2. The van der Waals surface area contributed by atoms with Gasteiger partial charge in [0.05, 0.1) is 0 Å². The quantitative estimate of drug-likeness (QED) is 0.184. The summed E-state index contributed by atoms with van der Waals surface area (Å²) in [5.41, 5.74) is -1.72. The molecule has 0 bridgehead atoms. The summed E-state index contributed by atoms with van der Waals surface area (Å²) >= 11 is 0. The fourth-order valence-corrected chi connectivity index (χ4v) is 1.48. The Hall–Kier alpha value is -2.25. The van der Waals surface area contributed by atoms with Crippen LogP contribution in [0.1, 0.15) is 54.4 Å². The van der Waals surface area contributed by atoms with Gasteiger partial charge in [-0.2, -0.15) is 0 Å². The Balaban J connectivity index is 5.59. The van der Waals surface area contributed by atoms with Crippen molar-refractivity contribution in [2.75, 3.05) is 6.54 Å². The Morgan fingerprint density at radius 3 is 1.50 bits per heavy atom. The molecule has 0 saturated carbocycles. The summed E-state index contributed by atoms with van der Waals surface area (Å²) in [6, 6.07) is 0. The molecule has 0 aromatic carbocycles. The molecule has 0 heterocycles. The summed E-state index contributed by atoms with van der Waals surface area (Å²) in [7, 11) is 0. The minimum absolute atomic E-state index is 0.542. The van der Waals surface area contributed by atoms with E-state index in [1.165, 1.54) is 0 Å². The van der Waals surface area contributed by atoms with Gasteiger partial charge >= 0.3 is 5.97 Å². The molecule has 0 aromatic heterocycles. The summed E-state index contributed by atoms with van der Waals surface area (Å²) < 4.78 is 0. The van der Waals surface area contributed by atoms with E-state index in [-0.39, 0.29) is 0 Å². The number of amides is 2. The van der Waals surface area contributed by atoms with Gasteiger partial charge in [-0.15, -0.1) is 0 Å². The molecule has 8 nitrogen and oxygen atoms in total. The Morgan fingerprint density at radius 2 is 1.21 bits per heavy atom. The van der Waals surface area contributed by atoms with Crippen LogP contribution in [0.4, 0.5) is 0 Å². The molecule has 0 unspecified atom stereocenters. The molecular weight excluding hydrogens is 314 g/mol. The van der Waals surface area contributed by atoms with Crippen molar-refractivity contribution in [3.05, 3.63) is 11.5 Å². The van der Waals surface area contributed by atoms with Crippen molar-refractivity contribution >= 4 is 17.8 Å². The summed E-state index contributed by atoms with van der Waals surface area (Å²) in [5.74, 6) is -3.56. The largest absolute Gasteiger partial charge is 0.494 e. The molecule has 0 spiro atoms. The Labute approximate surface area is 142 Å². The van der Waals surface area contributed by atoms with Gasteiger partial charge in [0.2, 0.25) is 5.88 Å². The van der Waals surface area contributed by atoms with Gasteiger partial charge in [-0.3, -0.25) is 14.4 Å². The molecule has 0 radical (unpaired) electrons. The molecule has 0 atom stereocenters. The third-order valence-electron chi connectivity index (χ3n) is 3.77. The van der Waals surface area contributed by atoms with E-state index < -0.39 is 46.9 Å². The van der Waals surface area contributed by atoms with E-state index in [4.69, 9.17) is 5.11 Å². The van der Waals surface area contributed by atoms with Crippen molar-refractivity contribution in [1.29, 1.82) is 0 Å². The Morgan fingerprint density at radius 1 is 0.833 bits per heavy atom. The number of hydrogen-bond acceptors (Lipinski definition) is 5. The second kappa shape index (κ2) is 8.56. The second-order valence-corrected chi connectivity index (χ2v) is 6.85. The van der Waals surface area contributed by atoms with E-state index in [0.29, 0.717) is 12.8 Å². The number of hydrogen-bond donors (Lipinski definition) is 5. The number of carbonyl (C=O) groups excluding carboxylic acids is 2. The van der Waals surface area contributed by atoms with Crippen LogP contribution in [-0.4, -0.2) is 45.6 Å². The number of aliphatic hydroxyl groups excluding tert-OH is 1. The molecule has 2 amide bonds. The second-order valence-electron chi connectivity index (χ2n) is 6.85. The summed E-state index contributed by atoms with van der Waals surface area (Å²) in [6.07, 6.45) is 1.22. The van der Waals surface area contributed by atoms with Crippen molar-refractivity contribution in [1.82, 2.24) is 16.0 Å². The predicted molar refractivity (Wildman–Crippen MR) is 90.3 cm³/mol. The molecule has 8 heteroatoms. The van der Waals surface area contributed by atoms with E-state index in [2.05, 4.69) is 16.0 Å². The first-order valence-corrected chi connectivity index (χ1v) is 7.89. The van der Waals surface area contributed by atoms with Crippen LogP contribution < -0.4 is 16.0 Å². The van der Waals surface area contributed by atoms with Gasteiger partial charge in [-0.1, -0.05) is 13.8 Å². The molecule has 0 aliphatic rings. The lowest BCUT2D eigenvalue weighted by atomic mass is 9.99. The predicted octanol–water partition coefficient (Wildman–Crippen LogP) is 1.04. The zero-order valence-corrected chi connectivity index (χ0v) is 15.2. The molecule has 5 N–H and O–H groups in total. The van der Waals surface area contributed by atoms with Crippen LogP contribution >= 0.6 is 0 Å². The number of nitrogens with one attached hydrogen (secondary N) is 3. The average Bonchev–Trinajstić information content (AvgIpc) is 2.44. The highest BCUT2D eigenvalue weighted by Crippen LogP contribution is 2.13. The summed E-state index contributed by atoms with van der Waals surface area (Å²) in [5, 5.41) is 26.2. The van der Waals surface area contributed by atoms with E-state index in [1.807, 2.05) is 13.8 Å². The first kappa shape index (κ1) is 21.8. The molecule has 0 fully saturated rings. The fraction of sp³-hybridized carbons (Fsp3) is 0.688. The number of rotatable bonds is 9. The van der Waals surface area contributed by atoms with Crippen LogP contribution in [-0.2, 0) is 14.4 Å². The van der Waals surface area contributed by atoms with Gasteiger partial charge in [0.25, 0.3) is 11.8 Å². The molecule has 0 saturated heterocycles. The highest BCUT2D eigenvalue weighted by atomic mass is 16.4. The first-order valence-electron chi connectivity index (χ1n) is 7.89. The Kier molecular flexibility index (Phi) is 7.76. The van der Waals surface area contributed by atoms with E-state index in [9.17, 15) is 19.5 Å². The van der Waals surface area contributed by atoms with Crippen LogP contribution in [0.2, 0.25) is 0 Å². The number of carbonyl (C=O) groups is 3. The SMILES string of the molecule is CCC(C)(C)NC(=O)C(C(=O)NC(C)(C)CC)=C(O)NCC(=O)O. The standard InChI is InChI=1S/C16H29N3O5/c1-7-15(3,4)18-13(23)11(12(22)17-9-10(20)21)14(24)19-16(5,6)8-2/h17,22H,7-9H2,1-6H3,(H,18,23)(H,19,24)(H,20,21).